The van der Waals surface area contributed by atoms with Gasteiger partial charge < -0.3 is 10.1 Å². The third-order valence-corrected chi connectivity index (χ3v) is 4.63. The Morgan fingerprint density at radius 3 is 2.57 bits per heavy atom. The number of aryl methyl sites for hydroxylation is 1. The highest BCUT2D eigenvalue weighted by Crippen LogP contribution is 2.18. The zero-order chi connectivity index (χ0) is 16.0. The number of rotatable bonds is 9. The van der Waals surface area contributed by atoms with Gasteiger partial charge in [0.1, 0.15) is 4.90 Å². The molecule has 1 atom stereocenters. The maximum Gasteiger partial charge on any atom is 0.244 e. The van der Waals surface area contributed by atoms with Gasteiger partial charge in [-0.2, -0.15) is 5.10 Å². The van der Waals surface area contributed by atoms with Gasteiger partial charge in [0.2, 0.25) is 10.0 Å². The molecule has 0 fully saturated rings. The summed E-state index contributed by atoms with van der Waals surface area (Å²) in [5.41, 5.74) is 1.03. The third-order valence-electron chi connectivity index (χ3n) is 2.84. The second-order valence-electron chi connectivity index (χ2n) is 5.34. The summed E-state index contributed by atoms with van der Waals surface area (Å²) in [5, 5.41) is 10.0. The van der Waals surface area contributed by atoms with Crippen LogP contribution in [0.5, 0.6) is 0 Å². The fraction of sp³-hybridized carbons (Fsp3) is 0.769. The van der Waals surface area contributed by atoms with Gasteiger partial charge in [0.15, 0.2) is 0 Å². The molecule has 122 valence electrons. The minimum absolute atomic E-state index is 0.221. The summed E-state index contributed by atoms with van der Waals surface area (Å²) < 4.78 is 32.9. The van der Waals surface area contributed by atoms with E-state index in [0.29, 0.717) is 31.1 Å². The summed E-state index contributed by atoms with van der Waals surface area (Å²) in [6.45, 7) is 10.6. The molecular weight excluding hydrogens is 292 g/mol. The minimum Gasteiger partial charge on any atom is -0.380 e. The number of hydrogen-bond donors (Lipinski definition) is 3. The third kappa shape index (κ3) is 5.39. The molecule has 1 rings (SSSR count). The molecule has 1 unspecified atom stereocenters. The molecule has 0 saturated carbocycles. The van der Waals surface area contributed by atoms with E-state index in [4.69, 9.17) is 4.74 Å². The molecule has 0 saturated heterocycles. The van der Waals surface area contributed by atoms with Crippen LogP contribution in [0, 0.1) is 6.92 Å². The minimum atomic E-state index is -3.62. The van der Waals surface area contributed by atoms with Crippen LogP contribution >= 0.6 is 0 Å². The zero-order valence-electron chi connectivity index (χ0n) is 13.4. The van der Waals surface area contributed by atoms with Gasteiger partial charge in [-0.25, -0.2) is 13.1 Å². The van der Waals surface area contributed by atoms with E-state index >= 15 is 0 Å². The topological polar surface area (TPSA) is 96.1 Å². The molecule has 0 radical (unpaired) electrons. The number of nitrogens with one attached hydrogen (secondary N) is 3. The number of H-pyrrole nitrogens is 1. The first-order valence-electron chi connectivity index (χ1n) is 7.15. The zero-order valence-corrected chi connectivity index (χ0v) is 14.2. The van der Waals surface area contributed by atoms with Gasteiger partial charge >= 0.3 is 0 Å². The summed E-state index contributed by atoms with van der Waals surface area (Å²) in [6.07, 6.45) is 0. The number of nitrogens with zero attached hydrogens (tertiary/aromatic N) is 1. The molecule has 8 heteroatoms. The van der Waals surface area contributed by atoms with Crippen LogP contribution in [-0.2, 0) is 21.3 Å². The highest BCUT2D eigenvalue weighted by atomic mass is 32.2. The monoisotopic (exact) mass is 318 g/mol. The van der Waals surface area contributed by atoms with Crippen molar-refractivity contribution in [3.05, 3.63) is 11.4 Å². The second kappa shape index (κ2) is 7.88. The van der Waals surface area contributed by atoms with Crippen molar-refractivity contribution in [1.82, 2.24) is 20.2 Å². The molecule has 0 aliphatic rings. The Kier molecular flexibility index (Phi) is 6.79. The smallest absolute Gasteiger partial charge is 0.244 e. The quantitative estimate of drug-likeness (QED) is 0.629. The SMILES string of the molecule is CCOCC(C)NS(=O)(=O)c1c(CNC(C)C)n[nH]c1C. The molecular formula is C13H26N4O3S. The highest BCUT2D eigenvalue weighted by molar-refractivity contribution is 7.89. The Labute approximate surface area is 126 Å². The van der Waals surface area contributed by atoms with Crippen molar-refractivity contribution < 1.29 is 13.2 Å². The molecule has 0 aromatic carbocycles. The Morgan fingerprint density at radius 1 is 1.33 bits per heavy atom. The lowest BCUT2D eigenvalue weighted by Gasteiger charge is -2.15. The van der Waals surface area contributed by atoms with E-state index in [-0.39, 0.29) is 17.0 Å². The van der Waals surface area contributed by atoms with Crippen LogP contribution in [0.3, 0.4) is 0 Å². The van der Waals surface area contributed by atoms with E-state index in [2.05, 4.69) is 20.2 Å². The van der Waals surface area contributed by atoms with Crippen molar-refractivity contribution in [3.63, 3.8) is 0 Å². The van der Waals surface area contributed by atoms with Crippen molar-refractivity contribution in [2.75, 3.05) is 13.2 Å². The molecule has 1 heterocycles. The number of hydrogen-bond acceptors (Lipinski definition) is 5. The lowest BCUT2D eigenvalue weighted by Crippen LogP contribution is -2.36. The van der Waals surface area contributed by atoms with Crippen LogP contribution < -0.4 is 10.0 Å². The molecule has 0 aliphatic heterocycles. The summed E-state index contributed by atoms with van der Waals surface area (Å²) in [7, 11) is -3.62. The molecule has 1 aromatic heterocycles. The first-order valence-corrected chi connectivity index (χ1v) is 8.63. The summed E-state index contributed by atoms with van der Waals surface area (Å²) >= 11 is 0. The van der Waals surface area contributed by atoms with E-state index < -0.39 is 10.0 Å². The lowest BCUT2D eigenvalue weighted by atomic mass is 10.3. The van der Waals surface area contributed by atoms with Crippen molar-refractivity contribution in [3.8, 4) is 0 Å². The number of sulfonamides is 1. The van der Waals surface area contributed by atoms with Crippen LogP contribution in [0.25, 0.3) is 0 Å². The number of aromatic amines is 1. The largest absolute Gasteiger partial charge is 0.380 e. The Bertz CT molecular complexity index is 540. The van der Waals surface area contributed by atoms with Crippen molar-refractivity contribution in [2.24, 2.45) is 0 Å². The summed E-state index contributed by atoms with van der Waals surface area (Å²) in [4.78, 5) is 0.221. The maximum atomic E-state index is 12.5. The molecule has 1 aromatic rings. The summed E-state index contributed by atoms with van der Waals surface area (Å²) in [5.74, 6) is 0. The van der Waals surface area contributed by atoms with Crippen LogP contribution in [0.1, 0.15) is 39.1 Å². The van der Waals surface area contributed by atoms with Crippen LogP contribution in [0.15, 0.2) is 4.90 Å². The normalized spacial score (nSPS) is 13.8. The van der Waals surface area contributed by atoms with Gasteiger partial charge in [0.05, 0.1) is 18.0 Å². The molecule has 21 heavy (non-hydrogen) atoms. The standard InChI is InChI=1S/C13H26N4O3S/c1-6-20-8-10(4)17-21(18,19)13-11(5)15-16-12(13)7-14-9(2)3/h9-10,14,17H,6-8H2,1-5H3,(H,15,16). The average molecular weight is 318 g/mol. The predicted molar refractivity (Wildman–Crippen MR) is 81.6 cm³/mol. The van der Waals surface area contributed by atoms with Gasteiger partial charge in [-0.15, -0.1) is 0 Å². The summed E-state index contributed by atoms with van der Waals surface area (Å²) in [6, 6.07) is -0.0439. The average Bonchev–Trinajstić information content (AvgIpc) is 2.75. The predicted octanol–water partition coefficient (Wildman–Crippen LogP) is 0.919. The number of aromatic nitrogens is 2. The first kappa shape index (κ1) is 18.1. The van der Waals surface area contributed by atoms with Crippen LogP contribution in [-0.4, -0.2) is 43.9 Å². The molecule has 0 aliphatic carbocycles. The lowest BCUT2D eigenvalue weighted by molar-refractivity contribution is 0.133. The molecule has 3 N–H and O–H groups in total. The molecule has 0 spiro atoms. The number of ether oxygens (including phenoxy) is 1. The highest BCUT2D eigenvalue weighted by Gasteiger charge is 2.25. The fourth-order valence-corrected chi connectivity index (χ4v) is 3.49. The maximum absolute atomic E-state index is 12.5. The fourth-order valence-electron chi connectivity index (χ4n) is 1.90. The molecule has 7 nitrogen and oxygen atoms in total. The van der Waals surface area contributed by atoms with E-state index in [1.807, 2.05) is 20.8 Å². The van der Waals surface area contributed by atoms with Gasteiger partial charge in [0, 0.05) is 25.2 Å². The second-order valence-corrected chi connectivity index (χ2v) is 6.99. The first-order chi connectivity index (χ1) is 9.77. The van der Waals surface area contributed by atoms with Crippen molar-refractivity contribution in [1.29, 1.82) is 0 Å². The molecule has 0 bridgehead atoms. The Morgan fingerprint density at radius 2 is 2.00 bits per heavy atom. The van der Waals surface area contributed by atoms with E-state index in [1.165, 1.54) is 0 Å². The van der Waals surface area contributed by atoms with E-state index in [1.54, 1.807) is 13.8 Å². The Hall–Kier alpha value is -0.960. The van der Waals surface area contributed by atoms with Crippen molar-refractivity contribution in [2.45, 2.75) is 58.1 Å². The molecule has 0 amide bonds. The van der Waals surface area contributed by atoms with Gasteiger partial charge in [-0.05, 0) is 20.8 Å². The van der Waals surface area contributed by atoms with Crippen molar-refractivity contribution >= 4 is 10.0 Å². The van der Waals surface area contributed by atoms with Gasteiger partial charge in [-0.3, -0.25) is 5.10 Å². The van der Waals surface area contributed by atoms with E-state index in [0.717, 1.165) is 0 Å². The van der Waals surface area contributed by atoms with Gasteiger partial charge in [0.25, 0.3) is 0 Å². The Balaban J connectivity index is 2.89. The van der Waals surface area contributed by atoms with Crippen LogP contribution in [0.2, 0.25) is 0 Å². The van der Waals surface area contributed by atoms with Gasteiger partial charge in [-0.1, -0.05) is 13.8 Å². The van der Waals surface area contributed by atoms with E-state index in [9.17, 15) is 8.42 Å². The van der Waals surface area contributed by atoms with Crippen LogP contribution in [0.4, 0.5) is 0 Å².